The fourth-order valence-electron chi connectivity index (χ4n) is 2.18. The van der Waals surface area contributed by atoms with Gasteiger partial charge in [-0.3, -0.25) is 9.59 Å². The van der Waals surface area contributed by atoms with E-state index < -0.39 is 12.1 Å². The molecule has 0 unspecified atom stereocenters. The molecule has 114 valence electrons. The Balaban J connectivity index is 2.04. The molecular weight excluding hydrogens is 353 g/mol. The number of alkyl halides is 3. The van der Waals surface area contributed by atoms with Crippen molar-refractivity contribution in [3.05, 3.63) is 28.2 Å². The van der Waals surface area contributed by atoms with E-state index in [1.165, 1.54) is 0 Å². The third kappa shape index (κ3) is 3.55. The van der Waals surface area contributed by atoms with Crippen LogP contribution in [0.2, 0.25) is 0 Å². The average molecular weight is 365 g/mol. The lowest BCUT2D eigenvalue weighted by atomic mass is 10.2. The van der Waals surface area contributed by atoms with Crippen molar-refractivity contribution in [1.82, 2.24) is 4.90 Å². The molecule has 2 rings (SSSR count). The fourth-order valence-corrected chi connectivity index (χ4v) is 2.83. The van der Waals surface area contributed by atoms with Gasteiger partial charge < -0.3 is 9.80 Å². The zero-order chi connectivity index (χ0) is 15.6. The number of rotatable bonds is 2. The fraction of sp³-hybridized carbons (Fsp3) is 0.385. The van der Waals surface area contributed by atoms with Crippen molar-refractivity contribution in [3.8, 4) is 0 Å². The number of anilines is 1. The zero-order valence-electron chi connectivity index (χ0n) is 10.9. The Morgan fingerprint density at radius 3 is 2.29 bits per heavy atom. The molecule has 1 aromatic carbocycles. The second-order valence-electron chi connectivity index (χ2n) is 4.61. The van der Waals surface area contributed by atoms with Crippen LogP contribution in [0.4, 0.5) is 18.9 Å². The van der Waals surface area contributed by atoms with Crippen molar-refractivity contribution in [2.24, 2.45) is 0 Å². The molecule has 1 heterocycles. The number of amides is 1. The summed E-state index contributed by atoms with van der Waals surface area (Å²) in [7, 11) is 0. The van der Waals surface area contributed by atoms with Crippen LogP contribution in [0.25, 0.3) is 0 Å². The van der Waals surface area contributed by atoms with E-state index >= 15 is 0 Å². The molecule has 0 atom stereocenters. The molecule has 1 amide bonds. The summed E-state index contributed by atoms with van der Waals surface area (Å²) in [5.41, 5.74) is 1.30. The maximum atomic E-state index is 12.4. The van der Waals surface area contributed by atoms with Gasteiger partial charge in [0.15, 0.2) is 0 Å². The van der Waals surface area contributed by atoms with Crippen LogP contribution >= 0.6 is 15.9 Å². The predicted octanol–water partition coefficient (Wildman–Crippen LogP) is 2.47. The highest BCUT2D eigenvalue weighted by molar-refractivity contribution is 9.10. The Hall–Kier alpha value is -1.57. The molecular formula is C13H12BrF3N2O2. The van der Waals surface area contributed by atoms with E-state index in [0.717, 1.165) is 10.6 Å². The Morgan fingerprint density at radius 2 is 1.81 bits per heavy atom. The molecule has 4 nitrogen and oxygen atoms in total. The van der Waals surface area contributed by atoms with E-state index in [1.807, 2.05) is 4.90 Å². The van der Waals surface area contributed by atoms with E-state index in [4.69, 9.17) is 0 Å². The standard InChI is InChI=1S/C13H12BrF3N2O2/c14-10-7-9(8-20)1-2-11(10)18-3-5-19(6-4-18)12(21)13(15,16)17/h1-2,7-8H,3-6H2. The van der Waals surface area contributed by atoms with Gasteiger partial charge in [0.2, 0.25) is 0 Å². The van der Waals surface area contributed by atoms with Gasteiger partial charge in [-0.25, -0.2) is 0 Å². The van der Waals surface area contributed by atoms with Gasteiger partial charge in [0.25, 0.3) is 0 Å². The number of carbonyl (C=O) groups is 2. The number of hydrogen-bond acceptors (Lipinski definition) is 3. The summed E-state index contributed by atoms with van der Waals surface area (Å²) in [5.74, 6) is -1.79. The van der Waals surface area contributed by atoms with Crippen molar-refractivity contribution < 1.29 is 22.8 Å². The van der Waals surface area contributed by atoms with Crippen LogP contribution in [0, 0.1) is 0 Å². The number of piperazine rings is 1. The van der Waals surface area contributed by atoms with Gasteiger partial charge in [-0.1, -0.05) is 0 Å². The summed E-state index contributed by atoms with van der Waals surface area (Å²) >= 11 is 3.34. The van der Waals surface area contributed by atoms with Gasteiger partial charge in [-0.15, -0.1) is 0 Å². The van der Waals surface area contributed by atoms with Crippen molar-refractivity contribution in [1.29, 1.82) is 0 Å². The van der Waals surface area contributed by atoms with E-state index in [2.05, 4.69) is 15.9 Å². The summed E-state index contributed by atoms with van der Waals surface area (Å²) in [4.78, 5) is 24.5. The maximum Gasteiger partial charge on any atom is 0.471 e. The summed E-state index contributed by atoms with van der Waals surface area (Å²) in [6.07, 6.45) is -4.11. The van der Waals surface area contributed by atoms with E-state index in [0.29, 0.717) is 29.4 Å². The van der Waals surface area contributed by atoms with Gasteiger partial charge in [-0.05, 0) is 34.1 Å². The average Bonchev–Trinajstić information content (AvgIpc) is 2.45. The highest BCUT2D eigenvalue weighted by Crippen LogP contribution is 2.28. The van der Waals surface area contributed by atoms with Gasteiger partial charge in [-0.2, -0.15) is 13.2 Å². The minimum Gasteiger partial charge on any atom is -0.367 e. The van der Waals surface area contributed by atoms with Crippen molar-refractivity contribution >= 4 is 33.8 Å². The van der Waals surface area contributed by atoms with Crippen molar-refractivity contribution in [3.63, 3.8) is 0 Å². The first-order chi connectivity index (χ1) is 9.82. The highest BCUT2D eigenvalue weighted by atomic mass is 79.9. The smallest absolute Gasteiger partial charge is 0.367 e. The van der Waals surface area contributed by atoms with E-state index in [1.54, 1.807) is 18.2 Å². The van der Waals surface area contributed by atoms with Crippen LogP contribution in [0.15, 0.2) is 22.7 Å². The summed E-state index contributed by atoms with van der Waals surface area (Å²) in [6.45, 7) is 0.641. The van der Waals surface area contributed by atoms with Crippen LogP contribution in [0.1, 0.15) is 10.4 Å². The van der Waals surface area contributed by atoms with Crippen LogP contribution in [0.5, 0.6) is 0 Å². The third-order valence-electron chi connectivity index (χ3n) is 3.26. The van der Waals surface area contributed by atoms with Crippen molar-refractivity contribution in [2.75, 3.05) is 31.1 Å². The lowest BCUT2D eigenvalue weighted by Crippen LogP contribution is -2.52. The molecule has 1 aliphatic heterocycles. The molecule has 8 heteroatoms. The van der Waals surface area contributed by atoms with Crippen LogP contribution in [0.3, 0.4) is 0 Å². The third-order valence-corrected chi connectivity index (χ3v) is 3.89. The van der Waals surface area contributed by atoms with Crippen LogP contribution in [-0.4, -0.2) is 49.4 Å². The zero-order valence-corrected chi connectivity index (χ0v) is 12.4. The number of hydrogen-bond donors (Lipinski definition) is 0. The normalized spacial score (nSPS) is 16.0. The second kappa shape index (κ2) is 6.05. The first kappa shape index (κ1) is 15.8. The molecule has 0 N–H and O–H groups in total. The molecule has 0 aromatic heterocycles. The molecule has 0 bridgehead atoms. The minimum absolute atomic E-state index is 0.0141. The molecule has 0 spiro atoms. The Labute approximate surface area is 127 Å². The Kier molecular flexibility index (Phi) is 4.55. The van der Waals surface area contributed by atoms with Gasteiger partial charge in [0, 0.05) is 36.2 Å². The number of carbonyl (C=O) groups excluding carboxylic acids is 2. The van der Waals surface area contributed by atoms with E-state index in [9.17, 15) is 22.8 Å². The van der Waals surface area contributed by atoms with Crippen molar-refractivity contribution in [2.45, 2.75) is 6.18 Å². The largest absolute Gasteiger partial charge is 0.471 e. The number of halogens is 4. The molecule has 0 aliphatic carbocycles. The van der Waals surface area contributed by atoms with Gasteiger partial charge >= 0.3 is 12.1 Å². The highest BCUT2D eigenvalue weighted by Gasteiger charge is 2.43. The first-order valence-electron chi connectivity index (χ1n) is 6.18. The number of nitrogens with zero attached hydrogens (tertiary/aromatic N) is 2. The Bertz CT molecular complexity index is 555. The molecule has 0 radical (unpaired) electrons. The van der Waals surface area contributed by atoms with E-state index in [-0.39, 0.29) is 13.1 Å². The summed E-state index contributed by atoms with van der Waals surface area (Å²) in [5, 5.41) is 0. The number of benzene rings is 1. The van der Waals surface area contributed by atoms with Crippen LogP contribution in [-0.2, 0) is 4.79 Å². The van der Waals surface area contributed by atoms with Gasteiger partial charge in [0.05, 0.1) is 5.69 Å². The summed E-state index contributed by atoms with van der Waals surface area (Å²) < 4.78 is 37.8. The molecule has 1 fully saturated rings. The molecule has 1 saturated heterocycles. The maximum absolute atomic E-state index is 12.4. The van der Waals surface area contributed by atoms with Crippen LogP contribution < -0.4 is 4.90 Å². The van der Waals surface area contributed by atoms with Gasteiger partial charge in [0.1, 0.15) is 6.29 Å². The molecule has 1 aliphatic rings. The first-order valence-corrected chi connectivity index (χ1v) is 6.98. The minimum atomic E-state index is -4.83. The lowest BCUT2D eigenvalue weighted by molar-refractivity contribution is -0.185. The topological polar surface area (TPSA) is 40.6 Å². The lowest BCUT2D eigenvalue weighted by Gasteiger charge is -2.36. The Morgan fingerprint density at radius 1 is 1.19 bits per heavy atom. The second-order valence-corrected chi connectivity index (χ2v) is 5.46. The molecule has 0 saturated carbocycles. The predicted molar refractivity (Wildman–Crippen MR) is 74.4 cm³/mol. The SMILES string of the molecule is O=Cc1ccc(N2CCN(C(=O)C(F)(F)F)CC2)c(Br)c1. The monoisotopic (exact) mass is 364 g/mol. The number of aldehydes is 1. The summed E-state index contributed by atoms with van der Waals surface area (Å²) in [6, 6.07) is 5.02. The molecule has 1 aromatic rings. The quantitative estimate of drug-likeness (QED) is 0.757. The molecule has 21 heavy (non-hydrogen) atoms.